The maximum atomic E-state index is 11.4. The summed E-state index contributed by atoms with van der Waals surface area (Å²) in [6.45, 7) is 0. The fraction of sp³-hybridized carbons (Fsp3) is 0.778. The Balaban J connectivity index is 2.37. The maximum absolute atomic E-state index is 11.4. The van der Waals surface area contributed by atoms with Crippen LogP contribution in [0.4, 0.5) is 0 Å². The Hall–Kier alpha value is -0.990. The molecule has 1 saturated carbocycles. The fourth-order valence-corrected chi connectivity index (χ4v) is 2.19. The highest BCUT2D eigenvalue weighted by atomic mass is 32.2. The quantitative estimate of drug-likeness (QED) is 0.511. The van der Waals surface area contributed by atoms with E-state index in [1.807, 2.05) is 0 Å². The summed E-state index contributed by atoms with van der Waals surface area (Å²) in [7, 11) is -3.64. The number of aliphatic carboxylic acids is 1. The van der Waals surface area contributed by atoms with Gasteiger partial charge in [0.25, 0.3) is 10.0 Å². The molecule has 4 N–H and O–H groups in total. The molecule has 98 valence electrons. The van der Waals surface area contributed by atoms with Gasteiger partial charge in [-0.2, -0.15) is 4.40 Å². The van der Waals surface area contributed by atoms with Crippen LogP contribution in [0.5, 0.6) is 0 Å². The van der Waals surface area contributed by atoms with E-state index in [9.17, 15) is 18.3 Å². The van der Waals surface area contributed by atoms with E-state index in [0.717, 1.165) is 6.21 Å². The third kappa shape index (κ3) is 5.24. The molecule has 0 amide bonds. The summed E-state index contributed by atoms with van der Waals surface area (Å²) < 4.78 is 26.0. The predicted octanol–water partition coefficient (Wildman–Crippen LogP) is -0.896. The number of carboxylic acid groups (broad SMARTS) is 1. The zero-order valence-corrected chi connectivity index (χ0v) is 10.1. The molecular formula is C9H16N2O5S. The Morgan fingerprint density at radius 3 is 2.59 bits per heavy atom. The van der Waals surface area contributed by atoms with Crippen molar-refractivity contribution in [2.45, 2.75) is 37.3 Å². The molecule has 0 spiro atoms. The predicted molar refractivity (Wildman–Crippen MR) is 61.3 cm³/mol. The van der Waals surface area contributed by atoms with Crippen LogP contribution in [-0.4, -0.2) is 48.2 Å². The molecule has 1 fully saturated rings. The highest BCUT2D eigenvalue weighted by Crippen LogP contribution is 2.38. The van der Waals surface area contributed by atoms with Crippen LogP contribution in [0.25, 0.3) is 0 Å². The Morgan fingerprint density at radius 2 is 2.12 bits per heavy atom. The number of hydrogen-bond acceptors (Lipinski definition) is 5. The third-order valence-corrected chi connectivity index (χ3v) is 3.75. The first-order chi connectivity index (χ1) is 7.74. The molecule has 1 aliphatic rings. The Kier molecular flexibility index (Phi) is 4.23. The van der Waals surface area contributed by atoms with E-state index in [4.69, 9.17) is 10.8 Å². The van der Waals surface area contributed by atoms with Gasteiger partial charge in [-0.25, -0.2) is 8.42 Å². The van der Waals surface area contributed by atoms with Crippen molar-refractivity contribution in [3.63, 3.8) is 0 Å². The van der Waals surface area contributed by atoms with Crippen molar-refractivity contribution in [3.8, 4) is 0 Å². The second kappa shape index (κ2) is 5.11. The summed E-state index contributed by atoms with van der Waals surface area (Å²) in [5, 5.41) is 17.9. The smallest absolute Gasteiger partial charge is 0.320 e. The van der Waals surface area contributed by atoms with Gasteiger partial charge in [-0.15, -0.1) is 0 Å². The van der Waals surface area contributed by atoms with E-state index in [-0.39, 0.29) is 18.6 Å². The summed E-state index contributed by atoms with van der Waals surface area (Å²) in [5.41, 5.74) is 4.34. The Labute approximate surface area is 99.4 Å². The minimum absolute atomic E-state index is 0.140. The first-order valence-electron chi connectivity index (χ1n) is 5.21. The molecule has 0 aromatic rings. The topological polar surface area (TPSA) is 130 Å². The van der Waals surface area contributed by atoms with Gasteiger partial charge in [-0.1, -0.05) is 0 Å². The summed E-state index contributed by atoms with van der Waals surface area (Å²) in [6.07, 6.45) is 2.26. The molecule has 0 saturated heterocycles. The van der Waals surface area contributed by atoms with Gasteiger partial charge in [0.1, 0.15) is 6.04 Å². The monoisotopic (exact) mass is 264 g/mol. The first kappa shape index (κ1) is 14.1. The van der Waals surface area contributed by atoms with Crippen molar-refractivity contribution in [2.75, 3.05) is 5.75 Å². The summed E-state index contributed by atoms with van der Waals surface area (Å²) in [6, 6.07) is -1.15. The van der Waals surface area contributed by atoms with Gasteiger partial charge in [0.05, 0.1) is 11.4 Å². The Bertz CT molecular complexity index is 413. The lowest BCUT2D eigenvalue weighted by molar-refractivity contribution is -0.138. The number of nitrogens with two attached hydrogens (primary N) is 1. The van der Waals surface area contributed by atoms with Crippen LogP contribution >= 0.6 is 0 Å². The second-order valence-corrected chi connectivity index (χ2v) is 6.01. The largest absolute Gasteiger partial charge is 0.480 e. The van der Waals surface area contributed by atoms with Crippen LogP contribution < -0.4 is 5.73 Å². The highest BCUT2D eigenvalue weighted by Gasteiger charge is 2.40. The van der Waals surface area contributed by atoms with E-state index >= 15 is 0 Å². The first-order valence-corrected chi connectivity index (χ1v) is 6.82. The van der Waals surface area contributed by atoms with E-state index in [1.165, 1.54) is 0 Å². The van der Waals surface area contributed by atoms with Gasteiger partial charge in [-0.3, -0.25) is 4.79 Å². The molecule has 0 unspecified atom stereocenters. The highest BCUT2D eigenvalue weighted by molar-refractivity contribution is 7.90. The van der Waals surface area contributed by atoms with Crippen LogP contribution in [0.1, 0.15) is 25.7 Å². The molecule has 0 bridgehead atoms. The zero-order valence-electron chi connectivity index (χ0n) is 9.24. The van der Waals surface area contributed by atoms with Crippen LogP contribution in [0, 0.1) is 0 Å². The van der Waals surface area contributed by atoms with Gasteiger partial charge in [0.15, 0.2) is 0 Å². The van der Waals surface area contributed by atoms with Gasteiger partial charge >= 0.3 is 5.97 Å². The summed E-state index contributed by atoms with van der Waals surface area (Å²) in [5.74, 6) is -1.44. The molecule has 0 aromatic carbocycles. The van der Waals surface area contributed by atoms with E-state index in [0.29, 0.717) is 12.8 Å². The van der Waals surface area contributed by atoms with Crippen LogP contribution in [0.2, 0.25) is 0 Å². The summed E-state index contributed by atoms with van der Waals surface area (Å²) in [4.78, 5) is 10.4. The average Bonchev–Trinajstić information content (AvgIpc) is 2.94. The molecule has 0 aromatic heterocycles. The second-order valence-electron chi connectivity index (χ2n) is 4.23. The average molecular weight is 264 g/mol. The van der Waals surface area contributed by atoms with Crippen molar-refractivity contribution >= 4 is 22.2 Å². The lowest BCUT2D eigenvalue weighted by Crippen LogP contribution is -2.30. The lowest BCUT2D eigenvalue weighted by atomic mass is 10.2. The van der Waals surface area contributed by atoms with Gasteiger partial charge < -0.3 is 15.9 Å². The van der Waals surface area contributed by atoms with Gasteiger partial charge in [-0.05, 0) is 19.3 Å². The molecule has 7 nitrogen and oxygen atoms in total. The van der Waals surface area contributed by atoms with E-state index in [2.05, 4.69) is 4.40 Å². The number of hydrogen-bond donors (Lipinski definition) is 3. The van der Waals surface area contributed by atoms with Crippen molar-refractivity contribution < 1.29 is 23.4 Å². The van der Waals surface area contributed by atoms with Crippen molar-refractivity contribution in [2.24, 2.45) is 10.1 Å². The maximum Gasteiger partial charge on any atom is 0.320 e. The molecule has 0 radical (unpaired) electrons. The normalized spacial score (nSPS) is 20.4. The van der Waals surface area contributed by atoms with Crippen molar-refractivity contribution in [1.29, 1.82) is 0 Å². The van der Waals surface area contributed by atoms with Crippen LogP contribution in [0.15, 0.2) is 4.40 Å². The molecule has 17 heavy (non-hydrogen) atoms. The molecule has 1 rings (SSSR count). The van der Waals surface area contributed by atoms with E-state index in [1.54, 1.807) is 0 Å². The Morgan fingerprint density at radius 1 is 1.53 bits per heavy atom. The third-order valence-electron chi connectivity index (χ3n) is 2.56. The van der Waals surface area contributed by atoms with Crippen molar-refractivity contribution in [3.05, 3.63) is 0 Å². The number of carboxylic acids is 1. The SMILES string of the molecule is N[C@@H](CC=NS(=O)(=O)CCC1(O)CC1)C(=O)O. The number of carbonyl (C=O) groups is 1. The van der Waals surface area contributed by atoms with Crippen LogP contribution in [0.3, 0.4) is 0 Å². The molecular weight excluding hydrogens is 248 g/mol. The number of sulfonamides is 1. The molecule has 0 aliphatic heterocycles. The molecule has 1 atom stereocenters. The van der Waals surface area contributed by atoms with Crippen molar-refractivity contribution in [1.82, 2.24) is 0 Å². The molecule has 0 heterocycles. The minimum Gasteiger partial charge on any atom is -0.480 e. The molecule has 8 heteroatoms. The van der Waals surface area contributed by atoms with Gasteiger partial charge in [0, 0.05) is 12.6 Å². The lowest BCUT2D eigenvalue weighted by Gasteiger charge is -2.05. The summed E-state index contributed by atoms with van der Waals surface area (Å²) >= 11 is 0. The van der Waals surface area contributed by atoms with Gasteiger partial charge in [0.2, 0.25) is 0 Å². The van der Waals surface area contributed by atoms with E-state index < -0.39 is 27.6 Å². The zero-order chi connectivity index (χ0) is 13.1. The van der Waals surface area contributed by atoms with Crippen LogP contribution in [-0.2, 0) is 14.8 Å². The fourth-order valence-electron chi connectivity index (χ4n) is 1.14. The number of nitrogens with zero attached hydrogens (tertiary/aromatic N) is 1. The standard InChI is InChI=1S/C9H16N2O5S/c10-7(8(12)13)1-5-11-17(15,16)6-4-9(14)2-3-9/h5,7,14H,1-4,6,10H2,(H,12,13)/t7-/m0/s1. The number of aliphatic hydroxyl groups is 1. The minimum atomic E-state index is -3.64. The molecule has 1 aliphatic carbocycles. The number of rotatable bonds is 7.